The molecule has 0 aliphatic carbocycles. The second-order valence-electron chi connectivity index (χ2n) is 8.11. The van der Waals surface area contributed by atoms with E-state index in [9.17, 15) is 0 Å². The van der Waals surface area contributed by atoms with Crippen LogP contribution in [-0.4, -0.2) is 9.97 Å². The van der Waals surface area contributed by atoms with Gasteiger partial charge in [-0.2, -0.15) is 0 Å². The second-order valence-corrected chi connectivity index (χ2v) is 8.11. The number of nitrogens with zero attached hydrogens (tertiary/aromatic N) is 2. The number of hydrogen-bond donors (Lipinski definition) is 0. The van der Waals surface area contributed by atoms with Crippen LogP contribution in [0.4, 0.5) is 0 Å². The molecule has 0 spiro atoms. The maximum Gasteiger partial charge on any atom is 0.231 e. The van der Waals surface area contributed by atoms with E-state index in [0.29, 0.717) is 11.6 Å². The summed E-state index contributed by atoms with van der Waals surface area (Å²) in [5.74, 6) is 0.414. The number of fused-ring (bicyclic) bond motifs is 6. The number of aromatic nitrogens is 2. The molecule has 0 N–H and O–H groups in total. The Balaban J connectivity index is 1.72. The summed E-state index contributed by atoms with van der Waals surface area (Å²) in [4.78, 5) is 9.17. The molecule has 0 saturated heterocycles. The Morgan fingerprint density at radius 2 is 1.50 bits per heavy atom. The summed E-state index contributed by atoms with van der Waals surface area (Å²) >= 11 is 0. The lowest BCUT2D eigenvalue weighted by Crippen LogP contribution is -1.93. The molecular formula is C27H20N2O. The zero-order valence-corrected chi connectivity index (χ0v) is 16.9. The van der Waals surface area contributed by atoms with E-state index < -0.39 is 0 Å². The quantitative estimate of drug-likeness (QED) is 0.309. The van der Waals surface area contributed by atoms with E-state index in [1.165, 1.54) is 16.3 Å². The van der Waals surface area contributed by atoms with E-state index >= 15 is 0 Å². The lowest BCUT2D eigenvalue weighted by atomic mass is 9.92. The first kappa shape index (κ1) is 17.2. The van der Waals surface area contributed by atoms with Gasteiger partial charge in [0.2, 0.25) is 5.71 Å². The maximum atomic E-state index is 6.24. The fourth-order valence-electron chi connectivity index (χ4n) is 4.51. The van der Waals surface area contributed by atoms with E-state index in [0.717, 1.165) is 38.4 Å². The molecule has 2 aromatic heterocycles. The van der Waals surface area contributed by atoms with Crippen LogP contribution in [-0.2, 0) is 0 Å². The lowest BCUT2D eigenvalue weighted by molar-refractivity contribution is 0.656. The summed E-state index contributed by atoms with van der Waals surface area (Å²) in [6, 6.07) is 25.6. The van der Waals surface area contributed by atoms with Crippen LogP contribution in [0.5, 0.6) is 0 Å². The van der Waals surface area contributed by atoms with Crippen LogP contribution in [0, 0.1) is 0 Å². The van der Waals surface area contributed by atoms with Gasteiger partial charge in [0.05, 0.1) is 11.1 Å². The van der Waals surface area contributed by atoms with Gasteiger partial charge in [-0.15, -0.1) is 0 Å². The van der Waals surface area contributed by atoms with Crippen molar-refractivity contribution in [2.45, 2.75) is 19.8 Å². The van der Waals surface area contributed by atoms with Gasteiger partial charge in [-0.25, -0.2) is 9.97 Å². The summed E-state index contributed by atoms with van der Waals surface area (Å²) in [6.45, 7) is 4.47. The zero-order valence-electron chi connectivity index (χ0n) is 16.9. The molecular weight excluding hydrogens is 368 g/mol. The maximum absolute atomic E-state index is 6.24. The molecule has 144 valence electrons. The molecule has 2 heterocycles. The highest BCUT2D eigenvalue weighted by molar-refractivity contribution is 6.17. The van der Waals surface area contributed by atoms with E-state index in [1.807, 2.05) is 12.1 Å². The fourth-order valence-corrected chi connectivity index (χ4v) is 4.51. The largest absolute Gasteiger partial charge is 0.437 e. The van der Waals surface area contributed by atoms with Crippen molar-refractivity contribution in [2.24, 2.45) is 0 Å². The predicted molar refractivity (Wildman–Crippen MR) is 124 cm³/mol. The Labute approximate surface area is 174 Å². The van der Waals surface area contributed by atoms with Crippen LogP contribution < -0.4 is 0 Å². The van der Waals surface area contributed by atoms with Crippen molar-refractivity contribution in [1.82, 2.24) is 9.97 Å². The van der Waals surface area contributed by atoms with Crippen LogP contribution in [0.3, 0.4) is 0 Å². The lowest BCUT2D eigenvalue weighted by Gasteiger charge is -2.13. The van der Waals surface area contributed by atoms with Gasteiger partial charge in [-0.3, -0.25) is 0 Å². The van der Waals surface area contributed by atoms with Crippen molar-refractivity contribution < 1.29 is 4.42 Å². The highest BCUT2D eigenvalue weighted by atomic mass is 16.3. The Kier molecular flexibility index (Phi) is 3.66. The summed E-state index contributed by atoms with van der Waals surface area (Å²) in [7, 11) is 0. The zero-order chi connectivity index (χ0) is 20.2. The Hall–Kier alpha value is -3.72. The van der Waals surface area contributed by atoms with Crippen molar-refractivity contribution in [1.29, 1.82) is 0 Å². The predicted octanol–water partition coefficient (Wildman–Crippen LogP) is 7.47. The summed E-state index contributed by atoms with van der Waals surface area (Å²) in [5, 5.41) is 6.81. The first-order valence-electron chi connectivity index (χ1n) is 10.3. The molecule has 0 aliphatic rings. The molecule has 6 aromatic rings. The van der Waals surface area contributed by atoms with E-state index in [-0.39, 0.29) is 0 Å². The average Bonchev–Trinajstić information content (AvgIpc) is 3.17. The molecule has 4 aromatic carbocycles. The number of furan rings is 1. The molecule has 6 rings (SSSR count). The molecule has 0 fully saturated rings. The smallest absolute Gasteiger partial charge is 0.231 e. The molecule has 0 bridgehead atoms. The van der Waals surface area contributed by atoms with Crippen LogP contribution in [0.2, 0.25) is 0 Å². The third-order valence-electron chi connectivity index (χ3n) is 5.95. The van der Waals surface area contributed by atoms with Crippen LogP contribution in [0.1, 0.15) is 25.3 Å². The Morgan fingerprint density at radius 3 is 2.33 bits per heavy atom. The Bertz CT molecular complexity index is 1580. The molecule has 0 saturated carbocycles. The molecule has 30 heavy (non-hydrogen) atoms. The van der Waals surface area contributed by atoms with Gasteiger partial charge >= 0.3 is 0 Å². The van der Waals surface area contributed by atoms with Gasteiger partial charge in [0.25, 0.3) is 0 Å². The van der Waals surface area contributed by atoms with Gasteiger partial charge in [0.1, 0.15) is 11.9 Å². The first-order chi connectivity index (χ1) is 14.7. The van der Waals surface area contributed by atoms with Crippen molar-refractivity contribution in [2.75, 3.05) is 0 Å². The average molecular weight is 388 g/mol. The summed E-state index contributed by atoms with van der Waals surface area (Å²) in [6.07, 6.45) is 1.60. The molecule has 3 nitrogen and oxygen atoms in total. The normalized spacial score (nSPS) is 12.0. The van der Waals surface area contributed by atoms with E-state index in [2.05, 4.69) is 79.5 Å². The third kappa shape index (κ3) is 2.45. The molecule has 0 unspecified atom stereocenters. The van der Waals surface area contributed by atoms with Crippen molar-refractivity contribution >= 4 is 43.6 Å². The van der Waals surface area contributed by atoms with Crippen LogP contribution >= 0.6 is 0 Å². The van der Waals surface area contributed by atoms with Gasteiger partial charge in [-0.1, -0.05) is 68.4 Å². The van der Waals surface area contributed by atoms with Gasteiger partial charge in [-0.05, 0) is 45.8 Å². The first-order valence-corrected chi connectivity index (χ1v) is 10.3. The minimum absolute atomic E-state index is 0.414. The molecule has 0 amide bonds. The molecule has 0 atom stereocenters. The van der Waals surface area contributed by atoms with E-state index in [4.69, 9.17) is 9.40 Å². The van der Waals surface area contributed by atoms with Gasteiger partial charge in [0, 0.05) is 16.3 Å². The second kappa shape index (κ2) is 6.39. The highest BCUT2D eigenvalue weighted by Crippen LogP contribution is 2.39. The standard InChI is InChI=1S/C27H20N2O/c1-16(2)23-14-19(13-18-8-4-5-9-20(18)23)25-24-22-12-11-17-7-3-6-10-21(17)26(22)30-27(24)29-15-28-25/h3-16H,1-2H3. The van der Waals surface area contributed by atoms with Gasteiger partial charge < -0.3 is 4.42 Å². The van der Waals surface area contributed by atoms with Crippen LogP contribution in [0.15, 0.2) is 83.5 Å². The molecule has 0 radical (unpaired) electrons. The summed E-state index contributed by atoms with van der Waals surface area (Å²) < 4.78 is 6.24. The monoisotopic (exact) mass is 388 g/mol. The van der Waals surface area contributed by atoms with Gasteiger partial charge in [0.15, 0.2) is 0 Å². The molecule has 0 aliphatic heterocycles. The van der Waals surface area contributed by atoms with E-state index in [1.54, 1.807) is 6.33 Å². The van der Waals surface area contributed by atoms with Crippen molar-refractivity contribution in [3.8, 4) is 11.3 Å². The topological polar surface area (TPSA) is 38.9 Å². The van der Waals surface area contributed by atoms with Crippen molar-refractivity contribution in [3.63, 3.8) is 0 Å². The SMILES string of the molecule is CC(C)c1cc(-c2ncnc3oc4c5ccccc5ccc4c23)cc2ccccc12. The third-order valence-corrected chi connectivity index (χ3v) is 5.95. The summed E-state index contributed by atoms with van der Waals surface area (Å²) in [5.41, 5.74) is 4.84. The van der Waals surface area contributed by atoms with Crippen molar-refractivity contribution in [3.05, 3.63) is 84.7 Å². The van der Waals surface area contributed by atoms with Crippen LogP contribution in [0.25, 0.3) is 54.9 Å². The number of benzene rings is 4. The fraction of sp³-hybridized carbons (Fsp3) is 0.111. The molecule has 3 heteroatoms. The Morgan fingerprint density at radius 1 is 0.733 bits per heavy atom. The number of rotatable bonds is 2. The highest BCUT2D eigenvalue weighted by Gasteiger charge is 2.18. The minimum Gasteiger partial charge on any atom is -0.437 e. The minimum atomic E-state index is 0.414. The number of hydrogen-bond acceptors (Lipinski definition) is 3.